The van der Waals surface area contributed by atoms with Crippen molar-refractivity contribution < 1.29 is 41.0 Å². The van der Waals surface area contributed by atoms with E-state index in [4.69, 9.17) is 4.74 Å². The Labute approximate surface area is 252 Å². The van der Waals surface area contributed by atoms with E-state index in [2.05, 4.69) is 4.98 Å². The largest absolute Gasteiger partial charge is 0.478 e. The molecule has 4 aromatic rings. The van der Waals surface area contributed by atoms with Crippen molar-refractivity contribution >= 4 is 29.1 Å². The molecule has 1 atom stereocenters. The zero-order chi connectivity index (χ0) is 31.6. The van der Waals surface area contributed by atoms with Gasteiger partial charge in [0.2, 0.25) is 5.60 Å². The van der Waals surface area contributed by atoms with Gasteiger partial charge in [-0.3, -0.25) is 0 Å². The van der Waals surface area contributed by atoms with E-state index in [9.17, 15) is 36.2 Å². The first-order valence-electron chi connectivity index (χ1n) is 13.1. The van der Waals surface area contributed by atoms with E-state index in [1.165, 1.54) is 54.3 Å². The van der Waals surface area contributed by atoms with E-state index in [1.807, 2.05) is 13.0 Å². The molecule has 3 aromatic carbocycles. The smallest absolute Gasteiger partial charge is 0.416 e. The summed E-state index contributed by atoms with van der Waals surface area (Å²) in [6.45, 7) is 5.04. The number of carbonyl (C=O) groups is 1. The molecule has 0 saturated heterocycles. The Morgan fingerprint density at radius 3 is 2.02 bits per heavy atom. The summed E-state index contributed by atoms with van der Waals surface area (Å²) in [5.74, 6) is -0.181. The van der Waals surface area contributed by atoms with Gasteiger partial charge in [-0.1, -0.05) is 31.2 Å². The van der Waals surface area contributed by atoms with Gasteiger partial charge in [-0.05, 0) is 73.9 Å². The number of thioether (sulfide) groups is 1. The van der Waals surface area contributed by atoms with Crippen molar-refractivity contribution in [3.63, 3.8) is 0 Å². The summed E-state index contributed by atoms with van der Waals surface area (Å²) in [6, 6.07) is 14.8. The molecule has 0 aliphatic rings. The molecular formula is C31H27F6NO3S2. The highest BCUT2D eigenvalue weighted by Crippen LogP contribution is 2.37. The molecule has 4 rings (SSSR count). The fraction of sp³-hybridized carbons (Fsp3) is 0.290. The van der Waals surface area contributed by atoms with E-state index in [0.717, 1.165) is 39.6 Å². The summed E-state index contributed by atoms with van der Waals surface area (Å²) in [6.07, 6.45) is -8.43. The fourth-order valence-corrected chi connectivity index (χ4v) is 6.23. The molecule has 0 saturated carbocycles. The van der Waals surface area contributed by atoms with Crippen molar-refractivity contribution in [3.05, 3.63) is 99.6 Å². The SMILES string of the molecule is CCC(C)(Oc1ccc(SCc2sc(-c3ccc(C(F)(F)F)cc3)nc2Cc2ccc(C(F)(F)F)cc2)cc1C)C(=O)O. The number of halogens is 6. The third kappa shape index (κ3) is 7.91. The summed E-state index contributed by atoms with van der Waals surface area (Å²) in [4.78, 5) is 18.0. The number of nitrogens with zero attached hydrogens (tertiary/aromatic N) is 1. The van der Waals surface area contributed by atoms with Crippen LogP contribution < -0.4 is 4.74 Å². The maximum atomic E-state index is 13.1. The first-order valence-corrected chi connectivity index (χ1v) is 14.9. The fourth-order valence-electron chi connectivity index (χ4n) is 4.05. The van der Waals surface area contributed by atoms with Crippen LogP contribution in [0.5, 0.6) is 5.75 Å². The number of carboxylic acid groups (broad SMARTS) is 1. The van der Waals surface area contributed by atoms with Crippen LogP contribution in [0.2, 0.25) is 0 Å². The second-order valence-electron chi connectivity index (χ2n) is 10.0. The van der Waals surface area contributed by atoms with Crippen LogP contribution in [0.4, 0.5) is 26.3 Å². The zero-order valence-corrected chi connectivity index (χ0v) is 24.9. The highest BCUT2D eigenvalue weighted by Gasteiger charge is 2.34. The molecule has 4 nitrogen and oxygen atoms in total. The van der Waals surface area contributed by atoms with Crippen LogP contribution >= 0.6 is 23.1 Å². The molecule has 1 N–H and O–H groups in total. The average Bonchev–Trinajstić information content (AvgIpc) is 3.34. The molecule has 1 heterocycles. The maximum Gasteiger partial charge on any atom is 0.416 e. The van der Waals surface area contributed by atoms with Gasteiger partial charge in [0.1, 0.15) is 10.8 Å². The van der Waals surface area contributed by atoms with Crippen molar-refractivity contribution in [1.29, 1.82) is 0 Å². The topological polar surface area (TPSA) is 59.4 Å². The first-order chi connectivity index (χ1) is 20.1. The number of aliphatic carboxylic acids is 1. The van der Waals surface area contributed by atoms with Gasteiger partial charge < -0.3 is 9.84 Å². The predicted octanol–water partition coefficient (Wildman–Crippen LogP) is 9.67. The van der Waals surface area contributed by atoms with Crippen LogP contribution in [0.25, 0.3) is 10.6 Å². The highest BCUT2D eigenvalue weighted by atomic mass is 32.2. The third-order valence-electron chi connectivity index (χ3n) is 6.87. The van der Waals surface area contributed by atoms with Crippen molar-refractivity contribution in [1.82, 2.24) is 4.98 Å². The second-order valence-corrected chi connectivity index (χ2v) is 12.2. The second kappa shape index (κ2) is 12.6. The number of benzene rings is 3. The van der Waals surface area contributed by atoms with Gasteiger partial charge in [-0.25, -0.2) is 9.78 Å². The van der Waals surface area contributed by atoms with Gasteiger partial charge in [0.15, 0.2) is 0 Å². The molecule has 1 aromatic heterocycles. The monoisotopic (exact) mass is 639 g/mol. The quantitative estimate of drug-likeness (QED) is 0.138. The van der Waals surface area contributed by atoms with Crippen LogP contribution in [-0.2, 0) is 29.3 Å². The zero-order valence-electron chi connectivity index (χ0n) is 23.3. The molecule has 0 fully saturated rings. The van der Waals surface area contributed by atoms with Gasteiger partial charge >= 0.3 is 18.3 Å². The van der Waals surface area contributed by atoms with E-state index in [-0.39, 0.29) is 12.8 Å². The van der Waals surface area contributed by atoms with Gasteiger partial charge in [0, 0.05) is 27.5 Å². The Balaban J connectivity index is 1.59. The molecule has 228 valence electrons. The molecule has 0 radical (unpaired) electrons. The van der Waals surface area contributed by atoms with Crippen molar-refractivity contribution in [2.75, 3.05) is 0 Å². The minimum Gasteiger partial charge on any atom is -0.478 e. The lowest BCUT2D eigenvalue weighted by atomic mass is 10.0. The van der Waals surface area contributed by atoms with Crippen molar-refractivity contribution in [2.24, 2.45) is 0 Å². The summed E-state index contributed by atoms with van der Waals surface area (Å²) in [5, 5.41) is 10.0. The molecule has 0 bridgehead atoms. The first kappa shape index (κ1) is 32.4. The number of hydrogen-bond acceptors (Lipinski definition) is 5. The number of hydrogen-bond donors (Lipinski definition) is 1. The van der Waals surface area contributed by atoms with Crippen LogP contribution in [0.1, 0.15) is 53.1 Å². The van der Waals surface area contributed by atoms with Crippen LogP contribution in [0.3, 0.4) is 0 Å². The molecule has 0 aliphatic carbocycles. The van der Waals surface area contributed by atoms with E-state index in [0.29, 0.717) is 33.3 Å². The molecular weight excluding hydrogens is 612 g/mol. The van der Waals surface area contributed by atoms with E-state index >= 15 is 0 Å². The molecule has 0 spiro atoms. The lowest BCUT2D eigenvalue weighted by molar-refractivity contribution is -0.154. The minimum atomic E-state index is -4.47. The molecule has 1 unspecified atom stereocenters. The van der Waals surface area contributed by atoms with Gasteiger partial charge in [-0.15, -0.1) is 23.1 Å². The number of aryl methyl sites for hydroxylation is 1. The van der Waals surface area contributed by atoms with E-state index < -0.39 is 35.0 Å². The molecule has 0 aliphatic heterocycles. The van der Waals surface area contributed by atoms with Crippen LogP contribution in [0, 0.1) is 6.92 Å². The maximum absolute atomic E-state index is 13.1. The Bertz CT molecular complexity index is 1580. The van der Waals surface area contributed by atoms with Gasteiger partial charge in [-0.2, -0.15) is 26.3 Å². The number of rotatable bonds is 10. The molecule has 12 heteroatoms. The standard InChI is InChI=1S/C31H27F6NO3S2/c1-4-29(3,28(39)40)41-25-14-13-23(15-18(25)2)42-17-26-24(16-19-5-9-21(10-6-19)30(32,33)34)38-27(43-26)20-7-11-22(12-8-20)31(35,36)37/h5-15H,4,16-17H2,1-3H3,(H,39,40). The number of ether oxygens (including phenoxy) is 1. The lowest BCUT2D eigenvalue weighted by Gasteiger charge is -2.26. The Hall–Kier alpha value is -3.51. The third-order valence-corrected chi connectivity index (χ3v) is 9.22. The Morgan fingerprint density at radius 1 is 0.930 bits per heavy atom. The summed E-state index contributed by atoms with van der Waals surface area (Å²) < 4.78 is 84.1. The normalized spacial score (nSPS) is 13.5. The Morgan fingerprint density at radius 2 is 1.51 bits per heavy atom. The highest BCUT2D eigenvalue weighted by molar-refractivity contribution is 7.98. The van der Waals surface area contributed by atoms with E-state index in [1.54, 1.807) is 19.1 Å². The van der Waals surface area contributed by atoms with Crippen molar-refractivity contribution in [3.8, 4) is 16.3 Å². The lowest BCUT2D eigenvalue weighted by Crippen LogP contribution is -2.40. The van der Waals surface area contributed by atoms with Crippen LogP contribution in [-0.4, -0.2) is 21.7 Å². The average molecular weight is 640 g/mol. The molecule has 0 amide bonds. The minimum absolute atomic E-state index is 0.238. The van der Waals surface area contributed by atoms with Gasteiger partial charge in [0.25, 0.3) is 0 Å². The number of carboxylic acids is 1. The number of alkyl halides is 6. The summed E-state index contributed by atoms with van der Waals surface area (Å²) in [5.41, 5.74) is -0.449. The number of aromatic nitrogens is 1. The Kier molecular flexibility index (Phi) is 9.51. The summed E-state index contributed by atoms with van der Waals surface area (Å²) >= 11 is 2.78. The molecule has 43 heavy (non-hydrogen) atoms. The summed E-state index contributed by atoms with van der Waals surface area (Å²) in [7, 11) is 0. The van der Waals surface area contributed by atoms with Crippen molar-refractivity contribution in [2.45, 2.75) is 62.2 Å². The number of thiazole rings is 1. The van der Waals surface area contributed by atoms with Gasteiger partial charge in [0.05, 0.1) is 16.8 Å². The van der Waals surface area contributed by atoms with Crippen LogP contribution in [0.15, 0.2) is 71.6 Å². The predicted molar refractivity (Wildman–Crippen MR) is 155 cm³/mol.